The summed E-state index contributed by atoms with van der Waals surface area (Å²) >= 11 is 0. The molecule has 1 amide bonds. The second-order valence-corrected chi connectivity index (χ2v) is 9.25. The number of amides is 1. The smallest absolute Gasteiger partial charge is 0.271 e. The van der Waals surface area contributed by atoms with Gasteiger partial charge in [-0.15, -0.1) is 0 Å². The molecule has 34 heavy (non-hydrogen) atoms. The minimum absolute atomic E-state index is 0.155. The molecule has 0 heterocycles. The molecule has 0 atom stereocenters. The number of nitrogens with one attached hydrogen (secondary N) is 1. The van der Waals surface area contributed by atoms with Crippen LogP contribution in [-0.4, -0.2) is 40.5 Å². The lowest BCUT2D eigenvalue weighted by Crippen LogP contribution is -2.29. The van der Waals surface area contributed by atoms with Crippen molar-refractivity contribution in [3.8, 4) is 11.5 Å². The molecule has 0 bridgehead atoms. The number of ether oxygens (including phenoxy) is 2. The Kier molecular flexibility index (Phi) is 8.26. The molecule has 178 valence electrons. The summed E-state index contributed by atoms with van der Waals surface area (Å²) in [5.74, 6) is 0.823. The SMILES string of the molecule is CCOc1cc(/C=N\NC(=O)c2ccc(CN(c3ccccc3)S(C)(=O)=O)cc2)ccc1OC. The Morgan fingerprint density at radius 2 is 1.74 bits per heavy atom. The number of rotatable bonds is 10. The van der Waals surface area contributed by atoms with Crippen LogP contribution in [0.5, 0.6) is 11.5 Å². The lowest BCUT2D eigenvalue weighted by Gasteiger charge is -2.22. The summed E-state index contributed by atoms with van der Waals surface area (Å²) in [4.78, 5) is 12.4. The van der Waals surface area contributed by atoms with E-state index in [-0.39, 0.29) is 12.5 Å². The molecule has 0 aromatic heterocycles. The topological polar surface area (TPSA) is 97.3 Å². The summed E-state index contributed by atoms with van der Waals surface area (Å²) in [5, 5.41) is 4.01. The van der Waals surface area contributed by atoms with Gasteiger partial charge in [0.15, 0.2) is 11.5 Å². The predicted molar refractivity (Wildman–Crippen MR) is 133 cm³/mol. The fourth-order valence-electron chi connectivity index (χ4n) is 3.19. The fourth-order valence-corrected chi connectivity index (χ4v) is 4.08. The highest BCUT2D eigenvalue weighted by atomic mass is 32.2. The summed E-state index contributed by atoms with van der Waals surface area (Å²) in [7, 11) is -1.91. The minimum atomic E-state index is -3.47. The molecule has 1 N–H and O–H groups in total. The van der Waals surface area contributed by atoms with Crippen molar-refractivity contribution in [3.05, 3.63) is 89.5 Å². The van der Waals surface area contributed by atoms with Gasteiger partial charge in [0.1, 0.15) is 0 Å². The molecule has 0 aliphatic rings. The van der Waals surface area contributed by atoms with Crippen LogP contribution in [0.3, 0.4) is 0 Å². The van der Waals surface area contributed by atoms with Crippen molar-refractivity contribution < 1.29 is 22.7 Å². The van der Waals surface area contributed by atoms with Crippen molar-refractivity contribution in [2.45, 2.75) is 13.5 Å². The van der Waals surface area contributed by atoms with E-state index in [0.29, 0.717) is 29.4 Å². The number of methoxy groups -OCH3 is 1. The zero-order valence-corrected chi connectivity index (χ0v) is 20.1. The van der Waals surface area contributed by atoms with E-state index in [4.69, 9.17) is 9.47 Å². The van der Waals surface area contributed by atoms with Gasteiger partial charge in [0.05, 0.1) is 38.4 Å². The van der Waals surface area contributed by atoms with Crippen LogP contribution in [0.15, 0.2) is 77.9 Å². The van der Waals surface area contributed by atoms with Gasteiger partial charge in [-0.1, -0.05) is 30.3 Å². The highest BCUT2D eigenvalue weighted by molar-refractivity contribution is 7.92. The third kappa shape index (κ3) is 6.58. The maximum absolute atomic E-state index is 12.4. The van der Waals surface area contributed by atoms with Gasteiger partial charge in [-0.3, -0.25) is 9.10 Å². The molecule has 0 unspecified atom stereocenters. The normalized spacial score (nSPS) is 11.3. The Hall–Kier alpha value is -3.85. The summed E-state index contributed by atoms with van der Waals surface area (Å²) in [6.07, 6.45) is 2.68. The van der Waals surface area contributed by atoms with Crippen LogP contribution in [-0.2, 0) is 16.6 Å². The van der Waals surface area contributed by atoms with Crippen LogP contribution < -0.4 is 19.2 Å². The molecule has 3 rings (SSSR count). The Balaban J connectivity index is 1.65. The predicted octanol–water partition coefficient (Wildman–Crippen LogP) is 3.82. The first-order chi connectivity index (χ1) is 16.3. The first-order valence-corrected chi connectivity index (χ1v) is 12.4. The molecule has 0 radical (unpaired) electrons. The van der Waals surface area contributed by atoms with Crippen LogP contribution >= 0.6 is 0 Å². The Morgan fingerprint density at radius 1 is 1.03 bits per heavy atom. The van der Waals surface area contributed by atoms with Gasteiger partial charge in [-0.2, -0.15) is 5.10 Å². The molecule has 0 aliphatic carbocycles. The second-order valence-electron chi connectivity index (χ2n) is 7.34. The molecule has 3 aromatic rings. The Morgan fingerprint density at radius 3 is 2.35 bits per heavy atom. The molecular weight excluding hydrogens is 454 g/mol. The molecule has 9 heteroatoms. The number of carbonyl (C=O) groups is 1. The molecule has 0 saturated carbocycles. The van der Waals surface area contributed by atoms with Crippen LogP contribution in [0.2, 0.25) is 0 Å². The molecule has 0 fully saturated rings. The van der Waals surface area contributed by atoms with Gasteiger partial charge >= 0.3 is 0 Å². The zero-order valence-electron chi connectivity index (χ0n) is 19.3. The van der Waals surface area contributed by atoms with Crippen molar-refractivity contribution in [1.29, 1.82) is 0 Å². The molecule has 0 saturated heterocycles. The number of nitrogens with zero attached hydrogens (tertiary/aromatic N) is 2. The van der Waals surface area contributed by atoms with E-state index in [2.05, 4.69) is 10.5 Å². The summed E-state index contributed by atoms with van der Waals surface area (Å²) in [5.41, 5.74) is 4.95. The van der Waals surface area contributed by atoms with Crippen LogP contribution in [0.4, 0.5) is 5.69 Å². The van der Waals surface area contributed by atoms with E-state index in [1.807, 2.05) is 13.0 Å². The number of para-hydroxylation sites is 1. The van der Waals surface area contributed by atoms with Gasteiger partial charge in [0.2, 0.25) is 10.0 Å². The maximum Gasteiger partial charge on any atom is 0.271 e. The summed E-state index contributed by atoms with van der Waals surface area (Å²) in [6, 6.07) is 20.9. The van der Waals surface area contributed by atoms with Crippen molar-refractivity contribution >= 4 is 27.8 Å². The van der Waals surface area contributed by atoms with E-state index < -0.39 is 10.0 Å². The van der Waals surface area contributed by atoms with E-state index >= 15 is 0 Å². The average Bonchev–Trinajstić information content (AvgIpc) is 2.83. The van der Waals surface area contributed by atoms with Crippen molar-refractivity contribution in [2.75, 3.05) is 24.3 Å². The van der Waals surface area contributed by atoms with Gasteiger partial charge in [-0.25, -0.2) is 13.8 Å². The number of hydrogen-bond acceptors (Lipinski definition) is 6. The highest BCUT2D eigenvalue weighted by Gasteiger charge is 2.17. The number of benzene rings is 3. The third-order valence-electron chi connectivity index (χ3n) is 4.85. The van der Waals surface area contributed by atoms with E-state index in [1.165, 1.54) is 16.8 Å². The molecule has 0 aliphatic heterocycles. The van der Waals surface area contributed by atoms with Crippen LogP contribution in [0.1, 0.15) is 28.4 Å². The quantitative estimate of drug-likeness (QED) is 0.351. The van der Waals surface area contributed by atoms with Crippen LogP contribution in [0, 0.1) is 0 Å². The Labute approximate surface area is 199 Å². The van der Waals surface area contributed by atoms with E-state index in [1.54, 1.807) is 73.8 Å². The minimum Gasteiger partial charge on any atom is -0.493 e. The van der Waals surface area contributed by atoms with Crippen molar-refractivity contribution in [3.63, 3.8) is 0 Å². The number of anilines is 1. The monoisotopic (exact) mass is 481 g/mol. The fraction of sp³-hybridized carbons (Fsp3) is 0.200. The second kappa shape index (κ2) is 11.3. The number of carbonyl (C=O) groups excluding carboxylic acids is 1. The van der Waals surface area contributed by atoms with Gasteiger partial charge in [0, 0.05) is 5.56 Å². The summed E-state index contributed by atoms with van der Waals surface area (Å²) in [6.45, 7) is 2.53. The molecular formula is C25H27N3O5S. The first kappa shape index (κ1) is 24.8. The summed E-state index contributed by atoms with van der Waals surface area (Å²) < 4.78 is 36.7. The van der Waals surface area contributed by atoms with Crippen LogP contribution in [0.25, 0.3) is 0 Å². The third-order valence-corrected chi connectivity index (χ3v) is 5.99. The first-order valence-electron chi connectivity index (χ1n) is 10.6. The van der Waals surface area contributed by atoms with Gasteiger partial charge in [-0.05, 0) is 60.5 Å². The van der Waals surface area contributed by atoms with E-state index in [9.17, 15) is 13.2 Å². The van der Waals surface area contributed by atoms with Crippen molar-refractivity contribution in [1.82, 2.24) is 5.43 Å². The van der Waals surface area contributed by atoms with E-state index in [0.717, 1.165) is 11.1 Å². The molecule has 3 aromatic carbocycles. The number of sulfonamides is 1. The number of hydrogen-bond donors (Lipinski definition) is 1. The maximum atomic E-state index is 12.4. The number of hydrazone groups is 1. The lowest BCUT2D eigenvalue weighted by atomic mass is 10.1. The van der Waals surface area contributed by atoms with Gasteiger partial charge in [0.25, 0.3) is 5.91 Å². The largest absolute Gasteiger partial charge is 0.493 e. The average molecular weight is 482 g/mol. The Bertz CT molecular complexity index is 1240. The van der Waals surface area contributed by atoms with Crippen molar-refractivity contribution in [2.24, 2.45) is 5.10 Å². The van der Waals surface area contributed by atoms with Gasteiger partial charge < -0.3 is 9.47 Å². The highest BCUT2D eigenvalue weighted by Crippen LogP contribution is 2.27. The standard InChI is InChI=1S/C25H27N3O5S/c1-4-33-24-16-20(12-15-23(24)32-2)17-26-27-25(29)21-13-10-19(11-14-21)18-28(34(3,30)31)22-8-6-5-7-9-22/h5-17H,4,18H2,1-3H3,(H,27,29)/b26-17-. The lowest BCUT2D eigenvalue weighted by molar-refractivity contribution is 0.0955. The molecule has 0 spiro atoms. The zero-order chi connectivity index (χ0) is 24.6. The molecule has 8 nitrogen and oxygen atoms in total.